The van der Waals surface area contributed by atoms with Gasteiger partial charge in [-0.15, -0.1) is 0 Å². The zero-order valence-electron chi connectivity index (χ0n) is 23.3. The molecule has 2 aliphatic carbocycles. The topological polar surface area (TPSA) is 117 Å². The highest BCUT2D eigenvalue weighted by molar-refractivity contribution is 6.00. The lowest BCUT2D eigenvalue weighted by Crippen LogP contribution is -2.58. The minimum absolute atomic E-state index is 0.0229. The summed E-state index contributed by atoms with van der Waals surface area (Å²) < 4.78 is 1.93. The highest BCUT2D eigenvalue weighted by atomic mass is 16.6. The number of aromatic nitrogens is 2. The van der Waals surface area contributed by atoms with Crippen LogP contribution in [0.5, 0.6) is 0 Å². The fourth-order valence-corrected chi connectivity index (χ4v) is 8.44. The van der Waals surface area contributed by atoms with E-state index in [0.717, 1.165) is 30.2 Å². The molecule has 2 unspecified atom stereocenters. The summed E-state index contributed by atoms with van der Waals surface area (Å²) in [4.78, 5) is 38.3. The largest absolute Gasteiger partial charge is 0.481 e. The number of nitrogens with zero attached hydrogens (tertiary/aromatic N) is 4. The molecule has 216 valence electrons. The Balaban J connectivity index is 1.34. The molecular weight excluding hydrogens is 508 g/mol. The summed E-state index contributed by atoms with van der Waals surface area (Å²) in [5, 5.41) is 22.5. The van der Waals surface area contributed by atoms with E-state index in [2.05, 4.69) is 15.0 Å². The maximum Gasteiger partial charge on any atom is 0.303 e. The van der Waals surface area contributed by atoms with Gasteiger partial charge in [0.05, 0.1) is 24.1 Å². The van der Waals surface area contributed by atoms with Crippen molar-refractivity contribution in [2.45, 2.75) is 108 Å². The molecule has 4 aliphatic rings. The van der Waals surface area contributed by atoms with Crippen LogP contribution in [0.4, 0.5) is 0 Å². The van der Waals surface area contributed by atoms with Crippen LogP contribution in [-0.4, -0.2) is 67.7 Å². The predicted molar refractivity (Wildman–Crippen MR) is 152 cm³/mol. The van der Waals surface area contributed by atoms with Crippen molar-refractivity contribution in [2.75, 3.05) is 13.2 Å². The Morgan fingerprint density at radius 1 is 0.925 bits per heavy atom. The van der Waals surface area contributed by atoms with Gasteiger partial charge >= 0.3 is 5.97 Å². The monoisotopic (exact) mass is 550 g/mol. The Morgan fingerprint density at radius 3 is 2.33 bits per heavy atom. The summed E-state index contributed by atoms with van der Waals surface area (Å²) in [6.45, 7) is -0.266. The van der Waals surface area contributed by atoms with E-state index in [1.807, 2.05) is 28.8 Å². The van der Waals surface area contributed by atoms with Crippen molar-refractivity contribution in [3.8, 4) is 0 Å². The molecule has 2 saturated carbocycles. The van der Waals surface area contributed by atoms with Crippen molar-refractivity contribution in [2.24, 2.45) is 17.0 Å². The SMILES string of the molecule is O=C(O)CC/C(=N\OCCO)c1nc2ccccc2n(C2C[C@H]3CCC[C@@H](C2)N3C2C[C@H]3CCC[C@@H](C2)C3)c1=O. The van der Waals surface area contributed by atoms with Gasteiger partial charge in [0.15, 0.2) is 5.69 Å². The van der Waals surface area contributed by atoms with Crippen LogP contribution in [0.1, 0.15) is 95.2 Å². The number of oxime groups is 1. The Morgan fingerprint density at radius 2 is 1.62 bits per heavy atom. The molecule has 4 fully saturated rings. The molecule has 9 nitrogen and oxygen atoms in total. The van der Waals surface area contributed by atoms with Crippen molar-refractivity contribution in [1.29, 1.82) is 0 Å². The van der Waals surface area contributed by atoms with Crippen molar-refractivity contribution in [3.63, 3.8) is 0 Å². The normalized spacial score (nSPS) is 30.8. The molecule has 9 heteroatoms. The summed E-state index contributed by atoms with van der Waals surface area (Å²) in [6.07, 6.45) is 13.6. The average molecular weight is 551 g/mol. The van der Waals surface area contributed by atoms with Crippen LogP contribution in [0.2, 0.25) is 0 Å². The fourth-order valence-electron chi connectivity index (χ4n) is 8.44. The second kappa shape index (κ2) is 12.0. The molecule has 1 aromatic carbocycles. The van der Waals surface area contributed by atoms with E-state index < -0.39 is 5.97 Å². The molecule has 2 aliphatic heterocycles. The van der Waals surface area contributed by atoms with E-state index in [1.54, 1.807) is 0 Å². The second-order valence-corrected chi connectivity index (χ2v) is 12.4. The number of carboxylic acids is 1. The molecule has 6 rings (SSSR count). The molecule has 2 N–H and O–H groups in total. The van der Waals surface area contributed by atoms with Gasteiger partial charge < -0.3 is 19.6 Å². The first kappa shape index (κ1) is 27.4. The number of hydrogen-bond donors (Lipinski definition) is 2. The van der Waals surface area contributed by atoms with Crippen LogP contribution >= 0.6 is 0 Å². The molecule has 0 amide bonds. The molecule has 4 bridgehead atoms. The number of rotatable bonds is 9. The molecule has 40 heavy (non-hydrogen) atoms. The van der Waals surface area contributed by atoms with Gasteiger partial charge in [-0.1, -0.05) is 43.0 Å². The van der Waals surface area contributed by atoms with Crippen LogP contribution in [0, 0.1) is 11.8 Å². The quantitative estimate of drug-likeness (QED) is 0.268. The number of carbonyl (C=O) groups is 1. The van der Waals surface area contributed by atoms with E-state index >= 15 is 0 Å². The molecule has 3 heterocycles. The lowest BCUT2D eigenvalue weighted by atomic mass is 9.68. The van der Waals surface area contributed by atoms with E-state index in [-0.39, 0.29) is 49.1 Å². The lowest BCUT2D eigenvalue weighted by molar-refractivity contribution is -0.136. The maximum atomic E-state index is 14.2. The number of aliphatic hydroxyl groups is 1. The third-order valence-corrected chi connectivity index (χ3v) is 9.90. The summed E-state index contributed by atoms with van der Waals surface area (Å²) in [5.74, 6) is 0.798. The average Bonchev–Trinajstić information content (AvgIpc) is 2.94. The number of fused-ring (bicyclic) bond motifs is 5. The Hall–Kier alpha value is -2.78. The Labute approximate surface area is 235 Å². The fraction of sp³-hybridized carbons (Fsp3) is 0.677. The highest BCUT2D eigenvalue weighted by Crippen LogP contribution is 2.47. The van der Waals surface area contributed by atoms with Crippen LogP contribution in [0.3, 0.4) is 0 Å². The molecule has 1 aromatic heterocycles. The molecule has 6 atom stereocenters. The first-order valence-corrected chi connectivity index (χ1v) is 15.3. The zero-order valence-corrected chi connectivity index (χ0v) is 23.3. The zero-order chi connectivity index (χ0) is 27.6. The van der Waals surface area contributed by atoms with E-state index in [4.69, 9.17) is 9.94 Å². The van der Waals surface area contributed by atoms with Gasteiger partial charge in [0.1, 0.15) is 12.3 Å². The minimum Gasteiger partial charge on any atom is -0.481 e. The second-order valence-electron chi connectivity index (χ2n) is 12.4. The van der Waals surface area contributed by atoms with E-state index in [1.165, 1.54) is 57.8 Å². The van der Waals surface area contributed by atoms with Gasteiger partial charge in [-0.05, 0) is 68.9 Å². The third kappa shape index (κ3) is 5.55. The number of para-hydroxylation sites is 2. The molecular formula is C31H42N4O5. The lowest BCUT2D eigenvalue weighted by Gasteiger charge is -2.55. The van der Waals surface area contributed by atoms with Crippen molar-refractivity contribution in [1.82, 2.24) is 14.5 Å². The van der Waals surface area contributed by atoms with Crippen molar-refractivity contribution in [3.05, 3.63) is 40.3 Å². The Kier molecular flexibility index (Phi) is 8.21. The van der Waals surface area contributed by atoms with Crippen LogP contribution in [-0.2, 0) is 9.63 Å². The number of benzene rings is 1. The number of aliphatic hydroxyl groups excluding tert-OH is 1. The number of carboxylic acid groups (broad SMARTS) is 1. The number of piperidine rings is 2. The van der Waals surface area contributed by atoms with Gasteiger partial charge in [-0.3, -0.25) is 14.5 Å². The smallest absolute Gasteiger partial charge is 0.303 e. The van der Waals surface area contributed by atoms with Crippen molar-refractivity contribution < 1.29 is 19.8 Å². The number of aliphatic carboxylic acids is 1. The van der Waals surface area contributed by atoms with E-state index in [0.29, 0.717) is 23.6 Å². The summed E-state index contributed by atoms with van der Waals surface area (Å²) >= 11 is 0. The van der Waals surface area contributed by atoms with E-state index in [9.17, 15) is 14.7 Å². The Bertz CT molecular complexity index is 1280. The van der Waals surface area contributed by atoms with Crippen LogP contribution < -0.4 is 5.56 Å². The summed E-state index contributed by atoms with van der Waals surface area (Å²) in [6, 6.07) is 9.41. The van der Waals surface area contributed by atoms with Crippen LogP contribution in [0.15, 0.2) is 34.2 Å². The molecule has 0 radical (unpaired) electrons. The molecule has 2 saturated heterocycles. The first-order chi connectivity index (χ1) is 19.5. The van der Waals surface area contributed by atoms with Gasteiger partial charge in [0.25, 0.3) is 5.56 Å². The minimum atomic E-state index is -0.983. The maximum absolute atomic E-state index is 14.2. The third-order valence-electron chi connectivity index (χ3n) is 9.90. The van der Waals surface area contributed by atoms with Gasteiger partial charge in [0.2, 0.25) is 0 Å². The number of hydrogen-bond acceptors (Lipinski definition) is 7. The standard InChI is InChI=1S/C31H42N4O5/c36-13-14-40-33-27(11-12-29(37)38)30-31(39)35(28-10-2-1-9-26(28)32-30)25-18-22-7-4-8-23(19-25)34(22)24-16-20-5-3-6-21(15-20)17-24/h1-2,9-10,20-25,36H,3-8,11-19H2,(H,37,38)/b33-27+/t20-,21+,22-,23+,24?,25?. The van der Waals surface area contributed by atoms with Gasteiger partial charge in [-0.25, -0.2) is 4.98 Å². The van der Waals surface area contributed by atoms with Gasteiger partial charge in [-0.2, -0.15) is 0 Å². The first-order valence-electron chi connectivity index (χ1n) is 15.3. The summed E-state index contributed by atoms with van der Waals surface area (Å²) in [7, 11) is 0. The molecule has 0 spiro atoms. The predicted octanol–water partition coefficient (Wildman–Crippen LogP) is 4.50. The summed E-state index contributed by atoms with van der Waals surface area (Å²) in [5.41, 5.74) is 1.63. The van der Waals surface area contributed by atoms with Crippen molar-refractivity contribution >= 4 is 22.7 Å². The highest BCUT2D eigenvalue weighted by Gasteiger charge is 2.45. The van der Waals surface area contributed by atoms with Gasteiger partial charge in [0, 0.05) is 30.6 Å². The van der Waals surface area contributed by atoms with Crippen LogP contribution in [0.25, 0.3) is 11.0 Å². The molecule has 2 aromatic rings.